The Balaban J connectivity index is 1.85. The number of aliphatic hydroxyl groups is 1. The van der Waals surface area contributed by atoms with E-state index in [4.69, 9.17) is 4.74 Å². The molecule has 29 heavy (non-hydrogen) atoms. The number of benzene rings is 3. The van der Waals surface area contributed by atoms with Crippen LogP contribution in [0.3, 0.4) is 0 Å². The summed E-state index contributed by atoms with van der Waals surface area (Å²) < 4.78 is 5.00. The van der Waals surface area contributed by atoms with E-state index in [1.807, 2.05) is 66.9 Å². The first-order valence-corrected chi connectivity index (χ1v) is 9.20. The molecule has 0 aliphatic heterocycles. The first-order valence-electron chi connectivity index (χ1n) is 9.20. The van der Waals surface area contributed by atoms with Gasteiger partial charge in [-0.1, -0.05) is 42.2 Å². The normalized spacial score (nSPS) is 10.4. The lowest BCUT2D eigenvalue weighted by Gasteiger charge is -2.11. The number of nitrogens with one attached hydrogen (secondary N) is 1. The van der Waals surface area contributed by atoms with E-state index in [0.717, 1.165) is 38.7 Å². The summed E-state index contributed by atoms with van der Waals surface area (Å²) in [7, 11) is 1.38. The third-order valence-electron chi connectivity index (χ3n) is 4.79. The van der Waals surface area contributed by atoms with Crippen molar-refractivity contribution < 1.29 is 14.6 Å². The molecule has 4 nitrogen and oxygen atoms in total. The molecule has 0 amide bonds. The molecule has 0 spiro atoms. The molecule has 1 aromatic heterocycles. The number of esters is 1. The average molecular weight is 381 g/mol. The Morgan fingerprint density at radius 3 is 2.62 bits per heavy atom. The van der Waals surface area contributed by atoms with Crippen molar-refractivity contribution >= 4 is 16.9 Å². The minimum Gasteiger partial charge on any atom is -0.465 e. The van der Waals surface area contributed by atoms with Crippen LogP contribution >= 0.6 is 0 Å². The molecule has 0 saturated heterocycles. The summed E-state index contributed by atoms with van der Waals surface area (Å²) in [6, 6.07) is 20.9. The summed E-state index contributed by atoms with van der Waals surface area (Å²) in [5, 5.41) is 10.3. The van der Waals surface area contributed by atoms with Crippen molar-refractivity contribution in [1.29, 1.82) is 0 Å². The average Bonchev–Trinajstić information content (AvgIpc) is 3.25. The van der Waals surface area contributed by atoms with Crippen molar-refractivity contribution in [3.8, 4) is 23.0 Å². The Kier molecular flexibility index (Phi) is 5.15. The zero-order chi connectivity index (χ0) is 20.2. The molecule has 4 heteroatoms. The lowest BCUT2D eigenvalue weighted by molar-refractivity contribution is 0.0601. The van der Waals surface area contributed by atoms with Crippen molar-refractivity contribution in [2.75, 3.05) is 7.11 Å². The highest BCUT2D eigenvalue weighted by atomic mass is 16.5. The molecule has 0 unspecified atom stereocenters. The molecular formula is C25H19NO3. The molecule has 1 heterocycles. The van der Waals surface area contributed by atoms with Gasteiger partial charge in [0.1, 0.15) is 0 Å². The van der Waals surface area contributed by atoms with Gasteiger partial charge < -0.3 is 14.8 Å². The number of hydrogen-bond acceptors (Lipinski definition) is 3. The van der Waals surface area contributed by atoms with Crippen molar-refractivity contribution in [2.45, 2.75) is 6.61 Å². The largest absolute Gasteiger partial charge is 0.465 e. The first-order chi connectivity index (χ1) is 14.2. The summed E-state index contributed by atoms with van der Waals surface area (Å²) in [5.74, 6) is 5.94. The molecule has 0 atom stereocenters. The fraction of sp³-hybridized carbons (Fsp3) is 0.0800. The third kappa shape index (κ3) is 3.77. The summed E-state index contributed by atoms with van der Waals surface area (Å²) in [4.78, 5) is 15.6. The van der Waals surface area contributed by atoms with Crippen LogP contribution < -0.4 is 0 Å². The predicted molar refractivity (Wildman–Crippen MR) is 113 cm³/mol. The Hall–Kier alpha value is -3.81. The molecule has 0 fully saturated rings. The highest BCUT2D eigenvalue weighted by Gasteiger charge is 2.16. The molecule has 4 rings (SSSR count). The van der Waals surface area contributed by atoms with Crippen LogP contribution in [0.4, 0.5) is 0 Å². The maximum Gasteiger partial charge on any atom is 0.338 e. The minimum atomic E-state index is -0.400. The van der Waals surface area contributed by atoms with Crippen molar-refractivity contribution in [3.63, 3.8) is 0 Å². The molecule has 4 aromatic rings. The van der Waals surface area contributed by atoms with Gasteiger partial charge in [0.2, 0.25) is 0 Å². The number of H-pyrrole nitrogens is 1. The summed E-state index contributed by atoms with van der Waals surface area (Å²) in [6.45, 7) is 0.000251. The first kappa shape index (κ1) is 18.5. The second-order valence-electron chi connectivity index (χ2n) is 6.60. The molecule has 0 radical (unpaired) electrons. The van der Waals surface area contributed by atoms with E-state index in [9.17, 15) is 9.90 Å². The Morgan fingerprint density at radius 2 is 1.86 bits per heavy atom. The maximum absolute atomic E-state index is 12.4. The van der Waals surface area contributed by atoms with Gasteiger partial charge in [0.05, 0.1) is 19.3 Å². The van der Waals surface area contributed by atoms with Crippen molar-refractivity contribution in [2.24, 2.45) is 0 Å². The molecule has 0 aliphatic rings. The van der Waals surface area contributed by atoms with Crippen LogP contribution in [0.25, 0.3) is 22.0 Å². The van der Waals surface area contributed by atoms with E-state index in [1.165, 1.54) is 7.11 Å². The number of fused-ring (bicyclic) bond motifs is 1. The summed E-state index contributed by atoms with van der Waals surface area (Å²) in [6.07, 6.45) is 1.89. The molecule has 0 saturated carbocycles. The number of aromatic nitrogens is 1. The number of carbonyl (C=O) groups excluding carboxylic acids is 1. The molecule has 2 N–H and O–H groups in total. The number of hydrogen-bond donors (Lipinski definition) is 2. The Bertz CT molecular complexity index is 1240. The van der Waals surface area contributed by atoms with Crippen LogP contribution in [-0.2, 0) is 11.3 Å². The second-order valence-corrected chi connectivity index (χ2v) is 6.60. The quantitative estimate of drug-likeness (QED) is 0.405. The van der Waals surface area contributed by atoms with Crippen LogP contribution in [0, 0.1) is 11.8 Å². The van der Waals surface area contributed by atoms with Crippen molar-refractivity contribution in [1.82, 2.24) is 4.98 Å². The van der Waals surface area contributed by atoms with Crippen LogP contribution in [0.1, 0.15) is 27.0 Å². The maximum atomic E-state index is 12.4. The highest BCUT2D eigenvalue weighted by molar-refractivity contribution is 6.00. The van der Waals surface area contributed by atoms with Gasteiger partial charge >= 0.3 is 5.97 Å². The molecule has 142 valence electrons. The number of carbonyl (C=O) groups is 1. The zero-order valence-electron chi connectivity index (χ0n) is 15.9. The van der Waals surface area contributed by atoms with Crippen LogP contribution in [0.5, 0.6) is 0 Å². The lowest BCUT2D eigenvalue weighted by Crippen LogP contribution is -2.05. The van der Waals surface area contributed by atoms with Gasteiger partial charge in [0.15, 0.2) is 0 Å². The van der Waals surface area contributed by atoms with E-state index in [1.54, 1.807) is 6.07 Å². The molecule has 0 bridgehead atoms. The van der Waals surface area contributed by atoms with Gasteiger partial charge in [0.25, 0.3) is 0 Å². The van der Waals surface area contributed by atoms with E-state index in [-0.39, 0.29) is 6.61 Å². The SMILES string of the molecule is COC(=O)c1cccc(C#Cc2ccc(CO)cc2)c1-c1ccc2cc[nH]c2c1. The number of aliphatic hydroxyl groups excluding tert-OH is 1. The second kappa shape index (κ2) is 8.05. The number of aromatic amines is 1. The monoisotopic (exact) mass is 381 g/mol. The van der Waals surface area contributed by atoms with E-state index in [0.29, 0.717) is 5.56 Å². The molecule has 0 aliphatic carbocycles. The lowest BCUT2D eigenvalue weighted by atomic mass is 9.93. The fourth-order valence-corrected chi connectivity index (χ4v) is 3.28. The van der Waals surface area contributed by atoms with Crippen molar-refractivity contribution in [3.05, 3.63) is 95.2 Å². The minimum absolute atomic E-state index is 0.000251. The standard InChI is InChI=1S/C25H19NO3/c1-29-25(28)22-4-2-3-20(10-9-17-5-7-18(16-27)8-6-17)24(22)21-12-11-19-13-14-26-23(19)15-21/h2-8,11-15,26-27H,16H2,1H3. The van der Waals surface area contributed by atoms with Gasteiger partial charge in [-0.2, -0.15) is 0 Å². The van der Waals surface area contributed by atoms with Gasteiger partial charge in [-0.15, -0.1) is 0 Å². The Morgan fingerprint density at radius 1 is 1.03 bits per heavy atom. The zero-order valence-corrected chi connectivity index (χ0v) is 15.9. The van der Waals surface area contributed by atoms with Gasteiger partial charge in [-0.25, -0.2) is 4.79 Å². The van der Waals surface area contributed by atoms with Gasteiger partial charge in [0, 0.05) is 28.4 Å². The number of rotatable bonds is 3. The fourth-order valence-electron chi connectivity index (χ4n) is 3.28. The topological polar surface area (TPSA) is 62.3 Å². The van der Waals surface area contributed by atoms with E-state index in [2.05, 4.69) is 16.8 Å². The van der Waals surface area contributed by atoms with Crippen LogP contribution in [-0.4, -0.2) is 23.2 Å². The van der Waals surface area contributed by atoms with Crippen LogP contribution in [0.2, 0.25) is 0 Å². The third-order valence-corrected chi connectivity index (χ3v) is 4.79. The number of ether oxygens (including phenoxy) is 1. The summed E-state index contributed by atoms with van der Waals surface area (Å²) >= 11 is 0. The molecular weight excluding hydrogens is 362 g/mol. The Labute approximate surface area is 168 Å². The predicted octanol–water partition coefficient (Wildman–Crippen LogP) is 4.51. The smallest absolute Gasteiger partial charge is 0.338 e. The van der Waals surface area contributed by atoms with E-state index >= 15 is 0 Å². The summed E-state index contributed by atoms with van der Waals surface area (Å²) in [5.41, 5.74) is 5.50. The van der Waals surface area contributed by atoms with Gasteiger partial charge in [-0.3, -0.25) is 0 Å². The molecule has 3 aromatic carbocycles. The highest BCUT2D eigenvalue weighted by Crippen LogP contribution is 2.30. The van der Waals surface area contributed by atoms with Gasteiger partial charge in [-0.05, 0) is 52.9 Å². The van der Waals surface area contributed by atoms with E-state index < -0.39 is 5.97 Å². The number of methoxy groups -OCH3 is 1. The van der Waals surface area contributed by atoms with Crippen LogP contribution in [0.15, 0.2) is 72.9 Å².